The zero-order chi connectivity index (χ0) is 13.2. The summed E-state index contributed by atoms with van der Waals surface area (Å²) in [7, 11) is 0. The van der Waals surface area contributed by atoms with Gasteiger partial charge in [0.2, 0.25) is 0 Å². The van der Waals surface area contributed by atoms with Crippen LogP contribution in [0.25, 0.3) is 0 Å². The molecule has 0 saturated carbocycles. The van der Waals surface area contributed by atoms with E-state index in [1.807, 2.05) is 19.1 Å². The van der Waals surface area contributed by atoms with E-state index in [4.69, 9.17) is 5.73 Å². The third kappa shape index (κ3) is 2.87. The standard InChI is InChI=1S/C15H16FNO/c1-15(17,12-5-3-6-13(16)9-12)10-11-4-2-7-14(18)8-11/h2-9,18H,10,17H2,1H3. The van der Waals surface area contributed by atoms with Gasteiger partial charge in [-0.25, -0.2) is 4.39 Å². The van der Waals surface area contributed by atoms with Gasteiger partial charge in [-0.05, 0) is 48.7 Å². The topological polar surface area (TPSA) is 46.2 Å². The van der Waals surface area contributed by atoms with Crippen LogP contribution < -0.4 is 5.73 Å². The number of rotatable bonds is 3. The molecule has 2 aromatic carbocycles. The van der Waals surface area contributed by atoms with Gasteiger partial charge in [0.05, 0.1) is 0 Å². The Labute approximate surface area is 106 Å². The monoisotopic (exact) mass is 245 g/mol. The second-order valence-electron chi connectivity index (χ2n) is 4.77. The van der Waals surface area contributed by atoms with Crippen LogP contribution in [0.4, 0.5) is 4.39 Å². The van der Waals surface area contributed by atoms with Crippen LogP contribution in [0.5, 0.6) is 5.75 Å². The lowest BCUT2D eigenvalue weighted by Crippen LogP contribution is -2.35. The maximum atomic E-state index is 13.2. The average molecular weight is 245 g/mol. The molecule has 0 radical (unpaired) electrons. The summed E-state index contributed by atoms with van der Waals surface area (Å²) in [6.45, 7) is 1.85. The summed E-state index contributed by atoms with van der Waals surface area (Å²) in [5.41, 5.74) is 7.23. The average Bonchev–Trinajstić information content (AvgIpc) is 2.28. The van der Waals surface area contributed by atoms with Crippen molar-refractivity contribution in [3.63, 3.8) is 0 Å². The van der Waals surface area contributed by atoms with Crippen molar-refractivity contribution < 1.29 is 9.50 Å². The van der Waals surface area contributed by atoms with Crippen LogP contribution in [0, 0.1) is 5.82 Å². The van der Waals surface area contributed by atoms with Crippen molar-refractivity contribution in [2.45, 2.75) is 18.9 Å². The van der Waals surface area contributed by atoms with E-state index in [0.717, 1.165) is 11.1 Å². The number of hydrogen-bond donors (Lipinski definition) is 2. The summed E-state index contributed by atoms with van der Waals surface area (Å²) in [5.74, 6) is -0.0809. The van der Waals surface area contributed by atoms with Crippen LogP contribution in [0.15, 0.2) is 48.5 Å². The van der Waals surface area contributed by atoms with Crippen LogP contribution in [0.2, 0.25) is 0 Å². The molecule has 2 nitrogen and oxygen atoms in total. The number of hydrogen-bond acceptors (Lipinski definition) is 2. The van der Waals surface area contributed by atoms with E-state index in [1.165, 1.54) is 12.1 Å². The molecular formula is C15H16FNO. The Morgan fingerprint density at radius 3 is 2.56 bits per heavy atom. The molecule has 0 aromatic heterocycles. The van der Waals surface area contributed by atoms with Crippen molar-refractivity contribution in [3.8, 4) is 5.75 Å². The molecule has 94 valence electrons. The molecule has 0 aliphatic heterocycles. The third-order valence-corrected chi connectivity index (χ3v) is 2.97. The number of phenolic OH excluding ortho intramolecular Hbond substituents is 1. The summed E-state index contributed by atoms with van der Waals surface area (Å²) in [6, 6.07) is 13.3. The Morgan fingerprint density at radius 2 is 1.89 bits per heavy atom. The van der Waals surface area contributed by atoms with Crippen LogP contribution in [0.1, 0.15) is 18.1 Å². The summed E-state index contributed by atoms with van der Waals surface area (Å²) < 4.78 is 13.2. The Balaban J connectivity index is 2.26. The van der Waals surface area contributed by atoms with Crippen LogP contribution in [0.3, 0.4) is 0 Å². The first-order valence-corrected chi connectivity index (χ1v) is 5.80. The molecule has 0 spiro atoms. The van der Waals surface area contributed by atoms with Crippen molar-refractivity contribution in [1.82, 2.24) is 0 Å². The minimum absolute atomic E-state index is 0.211. The Bertz CT molecular complexity index is 552. The minimum Gasteiger partial charge on any atom is -0.508 e. The first kappa shape index (κ1) is 12.6. The highest BCUT2D eigenvalue weighted by molar-refractivity contribution is 5.32. The third-order valence-electron chi connectivity index (χ3n) is 2.97. The molecule has 3 heteroatoms. The normalized spacial score (nSPS) is 14.2. The van der Waals surface area contributed by atoms with Gasteiger partial charge in [0.25, 0.3) is 0 Å². The number of benzene rings is 2. The van der Waals surface area contributed by atoms with Crippen molar-refractivity contribution in [2.75, 3.05) is 0 Å². The molecule has 0 saturated heterocycles. The zero-order valence-corrected chi connectivity index (χ0v) is 10.2. The molecule has 2 rings (SSSR count). The van der Waals surface area contributed by atoms with Gasteiger partial charge in [-0.2, -0.15) is 0 Å². The Morgan fingerprint density at radius 1 is 1.17 bits per heavy atom. The smallest absolute Gasteiger partial charge is 0.123 e. The van der Waals surface area contributed by atoms with Crippen LogP contribution in [-0.2, 0) is 12.0 Å². The molecule has 0 fully saturated rings. The SMILES string of the molecule is CC(N)(Cc1cccc(O)c1)c1cccc(F)c1. The van der Waals surface area contributed by atoms with E-state index >= 15 is 0 Å². The fourth-order valence-corrected chi connectivity index (χ4v) is 2.04. The fourth-order valence-electron chi connectivity index (χ4n) is 2.04. The molecule has 0 aliphatic rings. The zero-order valence-electron chi connectivity index (χ0n) is 10.2. The van der Waals surface area contributed by atoms with E-state index in [9.17, 15) is 9.50 Å². The quantitative estimate of drug-likeness (QED) is 0.873. The predicted octanol–water partition coefficient (Wildman–Crippen LogP) is 2.95. The van der Waals surface area contributed by atoms with Gasteiger partial charge in [0.15, 0.2) is 0 Å². The van der Waals surface area contributed by atoms with E-state index < -0.39 is 5.54 Å². The van der Waals surface area contributed by atoms with E-state index in [0.29, 0.717) is 6.42 Å². The highest BCUT2D eigenvalue weighted by Gasteiger charge is 2.22. The molecule has 2 aromatic rings. The highest BCUT2D eigenvalue weighted by Crippen LogP contribution is 2.24. The summed E-state index contributed by atoms with van der Waals surface area (Å²) in [4.78, 5) is 0. The summed E-state index contributed by atoms with van der Waals surface area (Å²) >= 11 is 0. The van der Waals surface area contributed by atoms with Crippen LogP contribution in [-0.4, -0.2) is 5.11 Å². The van der Waals surface area contributed by atoms with E-state index in [1.54, 1.807) is 24.3 Å². The minimum atomic E-state index is -0.671. The molecule has 0 amide bonds. The van der Waals surface area contributed by atoms with Crippen molar-refractivity contribution in [2.24, 2.45) is 5.73 Å². The van der Waals surface area contributed by atoms with Crippen molar-refractivity contribution >= 4 is 0 Å². The molecule has 0 heterocycles. The van der Waals surface area contributed by atoms with Gasteiger partial charge in [0.1, 0.15) is 11.6 Å². The van der Waals surface area contributed by atoms with Gasteiger partial charge in [-0.3, -0.25) is 0 Å². The maximum absolute atomic E-state index is 13.2. The summed E-state index contributed by atoms with van der Waals surface area (Å²) in [5, 5.41) is 9.42. The number of aromatic hydroxyl groups is 1. The predicted molar refractivity (Wildman–Crippen MR) is 69.8 cm³/mol. The first-order valence-electron chi connectivity index (χ1n) is 5.80. The molecular weight excluding hydrogens is 229 g/mol. The number of halogens is 1. The van der Waals surface area contributed by atoms with Crippen molar-refractivity contribution in [1.29, 1.82) is 0 Å². The van der Waals surface area contributed by atoms with Gasteiger partial charge in [0, 0.05) is 5.54 Å². The van der Waals surface area contributed by atoms with Gasteiger partial charge in [-0.1, -0.05) is 24.3 Å². The second-order valence-corrected chi connectivity index (χ2v) is 4.77. The van der Waals surface area contributed by atoms with Gasteiger partial charge in [-0.15, -0.1) is 0 Å². The van der Waals surface area contributed by atoms with Crippen LogP contribution >= 0.6 is 0 Å². The Kier molecular flexibility index (Phi) is 3.34. The molecule has 0 aliphatic carbocycles. The molecule has 1 atom stereocenters. The van der Waals surface area contributed by atoms with Crippen molar-refractivity contribution in [3.05, 3.63) is 65.5 Å². The first-order chi connectivity index (χ1) is 8.47. The largest absolute Gasteiger partial charge is 0.508 e. The molecule has 0 bridgehead atoms. The second kappa shape index (κ2) is 4.78. The van der Waals surface area contributed by atoms with Gasteiger partial charge < -0.3 is 10.8 Å². The molecule has 3 N–H and O–H groups in total. The Hall–Kier alpha value is -1.87. The van der Waals surface area contributed by atoms with E-state index in [-0.39, 0.29) is 11.6 Å². The maximum Gasteiger partial charge on any atom is 0.123 e. The summed E-state index contributed by atoms with van der Waals surface area (Å²) in [6.07, 6.45) is 0.533. The molecule has 1 unspecified atom stereocenters. The molecule has 18 heavy (non-hydrogen) atoms. The number of phenols is 1. The lowest BCUT2D eigenvalue weighted by molar-refractivity contribution is 0.467. The lowest BCUT2D eigenvalue weighted by atomic mass is 9.86. The van der Waals surface area contributed by atoms with E-state index in [2.05, 4.69) is 0 Å². The van der Waals surface area contributed by atoms with Gasteiger partial charge >= 0.3 is 0 Å². The lowest BCUT2D eigenvalue weighted by Gasteiger charge is -2.25. The highest BCUT2D eigenvalue weighted by atomic mass is 19.1. The number of nitrogens with two attached hydrogens (primary N) is 1. The fraction of sp³-hybridized carbons (Fsp3) is 0.200.